The first kappa shape index (κ1) is 63.6. The Morgan fingerprint density at radius 3 is 0.879 bits per heavy atom. The molecule has 6 nitrogen and oxygen atoms in total. The van der Waals surface area contributed by atoms with Crippen LogP contribution in [0.3, 0.4) is 0 Å². The first-order valence-electron chi connectivity index (χ1n) is 29.0. The van der Waals surface area contributed by atoms with Crippen LogP contribution in [-0.4, -0.2) is 37.2 Å². The van der Waals surface area contributed by atoms with Gasteiger partial charge in [0.25, 0.3) is 0 Å². The van der Waals surface area contributed by atoms with Crippen molar-refractivity contribution in [2.24, 2.45) is 0 Å². The molecular formula is C60H110O6. The first-order valence-corrected chi connectivity index (χ1v) is 29.0. The van der Waals surface area contributed by atoms with Crippen LogP contribution in [0.2, 0.25) is 0 Å². The van der Waals surface area contributed by atoms with E-state index in [0.717, 1.165) is 77.0 Å². The number of unbranched alkanes of at least 4 members (excludes halogenated alkanes) is 36. The van der Waals surface area contributed by atoms with Gasteiger partial charge in [0.15, 0.2) is 6.10 Å². The number of carbonyl (C=O) groups excluding carboxylic acids is 3. The third-order valence-corrected chi connectivity index (χ3v) is 12.9. The normalized spacial score (nSPS) is 12.2. The predicted octanol–water partition coefficient (Wildman–Crippen LogP) is 19.3. The number of esters is 3. The van der Waals surface area contributed by atoms with Crippen LogP contribution in [0, 0.1) is 0 Å². The van der Waals surface area contributed by atoms with E-state index in [4.69, 9.17) is 14.2 Å². The second kappa shape index (κ2) is 55.2. The first-order chi connectivity index (χ1) is 32.5. The van der Waals surface area contributed by atoms with Crippen LogP contribution < -0.4 is 0 Å². The Morgan fingerprint density at radius 1 is 0.303 bits per heavy atom. The highest BCUT2D eigenvalue weighted by atomic mass is 16.6. The summed E-state index contributed by atoms with van der Waals surface area (Å²) in [6.45, 7) is 6.64. The van der Waals surface area contributed by atoms with Crippen molar-refractivity contribution in [1.29, 1.82) is 0 Å². The van der Waals surface area contributed by atoms with Crippen molar-refractivity contribution < 1.29 is 28.6 Å². The zero-order valence-corrected chi connectivity index (χ0v) is 44.2. The monoisotopic (exact) mass is 927 g/mol. The molecule has 0 saturated carbocycles. The fourth-order valence-electron chi connectivity index (χ4n) is 8.47. The molecule has 0 N–H and O–H groups in total. The van der Waals surface area contributed by atoms with Gasteiger partial charge in [-0.1, -0.05) is 250 Å². The molecule has 0 saturated heterocycles. The van der Waals surface area contributed by atoms with Gasteiger partial charge in [0.2, 0.25) is 0 Å². The lowest BCUT2D eigenvalue weighted by Crippen LogP contribution is -2.30. The summed E-state index contributed by atoms with van der Waals surface area (Å²) in [5.74, 6) is -0.874. The Labute approximate surface area is 410 Å². The Kier molecular flexibility index (Phi) is 53.2. The van der Waals surface area contributed by atoms with Gasteiger partial charge in [-0.3, -0.25) is 14.4 Å². The zero-order valence-electron chi connectivity index (χ0n) is 44.2. The van der Waals surface area contributed by atoms with Crippen LogP contribution in [0.25, 0.3) is 0 Å². The van der Waals surface area contributed by atoms with E-state index in [1.165, 1.54) is 193 Å². The molecule has 0 rings (SSSR count). The fraction of sp³-hybridized carbons (Fsp3) is 0.850. The third-order valence-electron chi connectivity index (χ3n) is 12.9. The summed E-state index contributed by atoms with van der Waals surface area (Å²) in [6.07, 6.45) is 65.6. The molecule has 66 heavy (non-hydrogen) atoms. The van der Waals surface area contributed by atoms with Crippen LogP contribution in [0.1, 0.15) is 310 Å². The maximum absolute atomic E-state index is 12.8. The molecule has 0 aromatic heterocycles. The topological polar surface area (TPSA) is 78.9 Å². The van der Waals surface area contributed by atoms with Crippen LogP contribution >= 0.6 is 0 Å². The van der Waals surface area contributed by atoms with Gasteiger partial charge in [-0.2, -0.15) is 0 Å². The second-order valence-electron chi connectivity index (χ2n) is 19.6. The molecule has 1 atom stereocenters. The molecule has 386 valence electrons. The summed E-state index contributed by atoms with van der Waals surface area (Å²) in [4.78, 5) is 38.1. The predicted molar refractivity (Wildman–Crippen MR) is 284 cm³/mol. The van der Waals surface area contributed by atoms with E-state index in [2.05, 4.69) is 57.2 Å². The van der Waals surface area contributed by atoms with E-state index in [0.29, 0.717) is 19.3 Å². The van der Waals surface area contributed by atoms with Gasteiger partial charge in [0, 0.05) is 19.3 Å². The van der Waals surface area contributed by atoms with E-state index >= 15 is 0 Å². The largest absolute Gasteiger partial charge is 0.462 e. The van der Waals surface area contributed by atoms with Gasteiger partial charge >= 0.3 is 17.9 Å². The molecule has 0 amide bonds. The second-order valence-corrected chi connectivity index (χ2v) is 19.6. The third kappa shape index (κ3) is 52.6. The Morgan fingerprint density at radius 2 is 0.545 bits per heavy atom. The Balaban J connectivity index is 4.35. The molecular weight excluding hydrogens is 817 g/mol. The standard InChI is InChI=1S/C60H110O6/c1-4-7-10-13-16-19-22-25-27-29-31-32-35-38-41-44-47-50-53-59(62)65-56-57(55-64-58(61)52-49-46-43-40-37-34-24-21-18-15-12-9-6-3)66-60(63)54-51-48-45-42-39-36-33-30-28-26-23-20-17-14-11-8-5-2/h17,20,26,28,31-32,57H,4-16,18-19,21-25,27,29-30,33-56H2,1-3H3/b20-17-,28-26-,32-31-. The van der Waals surface area contributed by atoms with Gasteiger partial charge in [-0.15, -0.1) is 0 Å². The lowest BCUT2D eigenvalue weighted by atomic mass is 10.0. The number of hydrogen-bond acceptors (Lipinski definition) is 6. The molecule has 0 radical (unpaired) electrons. The van der Waals surface area contributed by atoms with Crippen LogP contribution in [0.4, 0.5) is 0 Å². The summed E-state index contributed by atoms with van der Waals surface area (Å²) in [6, 6.07) is 0. The lowest BCUT2D eigenvalue weighted by molar-refractivity contribution is -0.167. The maximum Gasteiger partial charge on any atom is 0.306 e. The van der Waals surface area contributed by atoms with Crippen molar-refractivity contribution >= 4 is 17.9 Å². The SMILES string of the molecule is CCCCC/C=C\C/C=C\CCCCCCCCCC(=O)OC(COC(=O)CCCCCCC/C=C\CCCCCCCCCCC)COC(=O)CCCCCCCCCCCCCCC. The van der Waals surface area contributed by atoms with E-state index < -0.39 is 6.10 Å². The van der Waals surface area contributed by atoms with Gasteiger partial charge in [0.05, 0.1) is 0 Å². The highest BCUT2D eigenvalue weighted by molar-refractivity contribution is 5.71. The highest BCUT2D eigenvalue weighted by Gasteiger charge is 2.19. The lowest BCUT2D eigenvalue weighted by Gasteiger charge is -2.18. The highest BCUT2D eigenvalue weighted by Crippen LogP contribution is 2.16. The van der Waals surface area contributed by atoms with Crippen molar-refractivity contribution in [3.8, 4) is 0 Å². The Bertz CT molecular complexity index is 1110. The number of carbonyl (C=O) groups is 3. The molecule has 1 unspecified atom stereocenters. The van der Waals surface area contributed by atoms with Crippen molar-refractivity contribution in [1.82, 2.24) is 0 Å². The van der Waals surface area contributed by atoms with Crippen LogP contribution in [0.15, 0.2) is 36.5 Å². The molecule has 0 spiro atoms. The van der Waals surface area contributed by atoms with Crippen molar-refractivity contribution in [2.75, 3.05) is 13.2 Å². The zero-order chi connectivity index (χ0) is 47.9. The molecule has 6 heteroatoms. The summed E-state index contributed by atoms with van der Waals surface area (Å²) in [5.41, 5.74) is 0. The summed E-state index contributed by atoms with van der Waals surface area (Å²) >= 11 is 0. The number of rotatable bonds is 53. The minimum Gasteiger partial charge on any atom is -0.462 e. The van der Waals surface area contributed by atoms with Crippen molar-refractivity contribution in [3.05, 3.63) is 36.5 Å². The minimum atomic E-state index is -0.777. The number of allylic oxidation sites excluding steroid dienone is 6. The van der Waals surface area contributed by atoms with Crippen molar-refractivity contribution in [3.63, 3.8) is 0 Å². The van der Waals surface area contributed by atoms with Crippen LogP contribution in [-0.2, 0) is 28.6 Å². The van der Waals surface area contributed by atoms with Gasteiger partial charge < -0.3 is 14.2 Å². The van der Waals surface area contributed by atoms with Gasteiger partial charge in [-0.05, 0) is 77.0 Å². The van der Waals surface area contributed by atoms with Crippen molar-refractivity contribution in [2.45, 2.75) is 316 Å². The molecule has 0 bridgehead atoms. The quantitative estimate of drug-likeness (QED) is 0.0262. The molecule has 0 heterocycles. The smallest absolute Gasteiger partial charge is 0.306 e. The molecule has 0 fully saturated rings. The summed E-state index contributed by atoms with van der Waals surface area (Å²) < 4.78 is 16.9. The maximum atomic E-state index is 12.8. The molecule has 0 aromatic rings. The van der Waals surface area contributed by atoms with E-state index in [1.54, 1.807) is 0 Å². The van der Waals surface area contributed by atoms with E-state index in [9.17, 15) is 14.4 Å². The summed E-state index contributed by atoms with van der Waals surface area (Å²) in [7, 11) is 0. The molecule has 0 aliphatic carbocycles. The fourth-order valence-corrected chi connectivity index (χ4v) is 8.47. The molecule has 0 aliphatic heterocycles. The van der Waals surface area contributed by atoms with Gasteiger partial charge in [0.1, 0.15) is 13.2 Å². The van der Waals surface area contributed by atoms with Gasteiger partial charge in [-0.25, -0.2) is 0 Å². The molecule has 0 aliphatic rings. The number of ether oxygens (including phenoxy) is 3. The molecule has 0 aromatic carbocycles. The van der Waals surface area contributed by atoms with E-state index in [-0.39, 0.29) is 31.1 Å². The Hall–Kier alpha value is -2.37. The minimum absolute atomic E-state index is 0.0745. The summed E-state index contributed by atoms with van der Waals surface area (Å²) in [5, 5.41) is 0. The average Bonchev–Trinajstić information content (AvgIpc) is 3.31. The average molecular weight is 928 g/mol. The number of hydrogen-bond donors (Lipinski definition) is 0. The van der Waals surface area contributed by atoms with E-state index in [1.807, 2.05) is 0 Å². The van der Waals surface area contributed by atoms with Crippen LogP contribution in [0.5, 0.6) is 0 Å².